The number of rotatable bonds is 8. The molecule has 0 atom stereocenters. The molecule has 0 aromatic heterocycles. The number of carbonyl (C=O) groups is 2. The number of hydrogen-bond acceptors (Lipinski definition) is 5. The van der Waals surface area contributed by atoms with Crippen LogP contribution in [0.2, 0.25) is 0 Å². The van der Waals surface area contributed by atoms with Gasteiger partial charge in [0.05, 0.1) is 7.11 Å². The van der Waals surface area contributed by atoms with Gasteiger partial charge in [-0.25, -0.2) is 4.79 Å². The van der Waals surface area contributed by atoms with Crippen LogP contribution in [0.25, 0.3) is 6.08 Å². The van der Waals surface area contributed by atoms with Gasteiger partial charge in [0.25, 0.3) is 0 Å². The van der Waals surface area contributed by atoms with Crippen molar-refractivity contribution in [2.24, 2.45) is 0 Å². The molecule has 0 bridgehead atoms. The summed E-state index contributed by atoms with van der Waals surface area (Å²) in [4.78, 5) is 24.3. The molecule has 0 N–H and O–H groups in total. The third-order valence-electron chi connectivity index (χ3n) is 4.40. The number of ether oxygens (including phenoxy) is 3. The first-order chi connectivity index (χ1) is 13.3. The van der Waals surface area contributed by atoms with Gasteiger partial charge in [-0.1, -0.05) is 24.3 Å². The van der Waals surface area contributed by atoms with Crippen LogP contribution >= 0.6 is 0 Å². The highest BCUT2D eigenvalue weighted by Crippen LogP contribution is 2.28. The lowest BCUT2D eigenvalue weighted by Gasteiger charge is -2.12. The van der Waals surface area contributed by atoms with E-state index in [2.05, 4.69) is 0 Å². The van der Waals surface area contributed by atoms with E-state index in [1.807, 2.05) is 64.1 Å². The molecule has 0 fully saturated rings. The molecular formula is C23H26O5. The summed E-state index contributed by atoms with van der Waals surface area (Å²) in [6.45, 7) is 7.11. The fourth-order valence-corrected chi connectivity index (χ4v) is 2.76. The minimum Gasteiger partial charge on any atom is -0.493 e. The summed E-state index contributed by atoms with van der Waals surface area (Å²) in [5.74, 6) is 0.103. The van der Waals surface area contributed by atoms with E-state index in [0.29, 0.717) is 17.1 Å². The molecule has 2 aromatic carbocycles. The molecule has 0 saturated carbocycles. The molecule has 148 valence electrons. The lowest BCUT2D eigenvalue weighted by Crippen LogP contribution is -2.20. The molecule has 0 saturated heterocycles. The van der Waals surface area contributed by atoms with E-state index in [-0.39, 0.29) is 19.0 Å². The van der Waals surface area contributed by atoms with Crippen LogP contribution in [0.1, 0.15) is 39.5 Å². The minimum absolute atomic E-state index is 0.234. The Labute approximate surface area is 165 Å². The number of esters is 1. The van der Waals surface area contributed by atoms with Gasteiger partial charge in [-0.15, -0.1) is 0 Å². The lowest BCUT2D eigenvalue weighted by molar-refractivity contribution is -0.144. The van der Waals surface area contributed by atoms with Crippen molar-refractivity contribution < 1.29 is 23.8 Å². The van der Waals surface area contributed by atoms with E-state index in [4.69, 9.17) is 14.2 Å². The summed E-state index contributed by atoms with van der Waals surface area (Å²) < 4.78 is 15.8. The molecule has 0 amide bonds. The quantitative estimate of drug-likeness (QED) is 0.498. The molecule has 0 heterocycles. The van der Waals surface area contributed by atoms with Gasteiger partial charge in [-0.3, -0.25) is 4.79 Å². The topological polar surface area (TPSA) is 61.8 Å². The fourth-order valence-electron chi connectivity index (χ4n) is 2.76. The van der Waals surface area contributed by atoms with Gasteiger partial charge in [0.15, 0.2) is 24.7 Å². The largest absolute Gasteiger partial charge is 0.493 e. The van der Waals surface area contributed by atoms with Gasteiger partial charge >= 0.3 is 5.97 Å². The van der Waals surface area contributed by atoms with Gasteiger partial charge in [0.1, 0.15) is 0 Å². The van der Waals surface area contributed by atoms with E-state index in [1.165, 1.54) is 7.11 Å². The van der Waals surface area contributed by atoms with Crippen LogP contribution in [-0.2, 0) is 9.53 Å². The van der Waals surface area contributed by atoms with Crippen molar-refractivity contribution in [2.75, 3.05) is 20.3 Å². The third kappa shape index (κ3) is 5.46. The highest BCUT2D eigenvalue weighted by molar-refractivity contribution is 5.99. The molecule has 0 radical (unpaired) electrons. The van der Waals surface area contributed by atoms with Crippen LogP contribution in [0.5, 0.6) is 11.5 Å². The highest BCUT2D eigenvalue weighted by atomic mass is 16.6. The predicted molar refractivity (Wildman–Crippen MR) is 109 cm³/mol. The first-order valence-corrected chi connectivity index (χ1v) is 9.06. The maximum atomic E-state index is 12.4. The molecule has 2 rings (SSSR count). The number of allylic oxidation sites excluding steroid dienone is 1. The monoisotopic (exact) mass is 382 g/mol. The number of benzene rings is 2. The van der Waals surface area contributed by atoms with Gasteiger partial charge in [-0.05, 0) is 68.1 Å². The summed E-state index contributed by atoms with van der Waals surface area (Å²) in [6, 6.07) is 9.18. The Morgan fingerprint density at radius 3 is 2.32 bits per heavy atom. The molecule has 0 aliphatic carbocycles. The second-order valence-corrected chi connectivity index (χ2v) is 6.53. The van der Waals surface area contributed by atoms with Crippen molar-refractivity contribution in [3.8, 4) is 11.5 Å². The minimum atomic E-state index is -0.616. The van der Waals surface area contributed by atoms with E-state index in [1.54, 1.807) is 6.07 Å². The Hall–Kier alpha value is -3.08. The van der Waals surface area contributed by atoms with Crippen molar-refractivity contribution in [2.45, 2.75) is 27.7 Å². The Morgan fingerprint density at radius 2 is 1.64 bits per heavy atom. The van der Waals surface area contributed by atoms with E-state index in [9.17, 15) is 9.59 Å². The maximum absolute atomic E-state index is 12.4. The number of carbonyl (C=O) groups excluding carboxylic acids is 2. The fraction of sp³-hybridized carbons (Fsp3) is 0.304. The second-order valence-electron chi connectivity index (χ2n) is 6.53. The Balaban J connectivity index is 1.93. The van der Waals surface area contributed by atoms with Crippen LogP contribution in [0.4, 0.5) is 0 Å². The number of hydrogen-bond donors (Lipinski definition) is 0. The lowest BCUT2D eigenvalue weighted by atomic mass is 9.98. The van der Waals surface area contributed by atoms with Crippen molar-refractivity contribution in [3.05, 3.63) is 64.2 Å². The zero-order valence-corrected chi connectivity index (χ0v) is 17.0. The first-order valence-electron chi connectivity index (χ1n) is 9.06. The highest BCUT2D eigenvalue weighted by Gasteiger charge is 2.14. The summed E-state index contributed by atoms with van der Waals surface area (Å²) in [6.07, 6.45) is 3.85. The third-order valence-corrected chi connectivity index (χ3v) is 4.40. The van der Waals surface area contributed by atoms with Gasteiger partial charge in [-0.2, -0.15) is 0 Å². The molecule has 0 unspecified atom stereocenters. The summed E-state index contributed by atoms with van der Waals surface area (Å²) in [5, 5.41) is 0. The Morgan fingerprint density at radius 1 is 0.929 bits per heavy atom. The van der Waals surface area contributed by atoms with Gasteiger partial charge < -0.3 is 14.2 Å². The standard InChI is InChI=1S/C23H26O5/c1-6-7-18-8-9-21(22(12-18)26-5)27-14-23(25)28-13-20(24)19-11-16(3)15(2)10-17(19)4/h6-12H,13-14H2,1-5H3/b7-6+. The molecule has 0 aliphatic rings. The summed E-state index contributed by atoms with van der Waals surface area (Å²) >= 11 is 0. The average molecular weight is 382 g/mol. The smallest absolute Gasteiger partial charge is 0.344 e. The van der Waals surface area contributed by atoms with E-state index in [0.717, 1.165) is 22.3 Å². The molecule has 5 nitrogen and oxygen atoms in total. The van der Waals surface area contributed by atoms with Crippen LogP contribution in [0.3, 0.4) is 0 Å². The van der Waals surface area contributed by atoms with Crippen LogP contribution in [0, 0.1) is 20.8 Å². The molecule has 0 spiro atoms. The van der Waals surface area contributed by atoms with Crippen LogP contribution in [0.15, 0.2) is 36.4 Å². The Kier molecular flexibility index (Phi) is 7.38. The molecule has 0 aliphatic heterocycles. The predicted octanol–water partition coefficient (Wildman–Crippen LogP) is 4.46. The summed E-state index contributed by atoms with van der Waals surface area (Å²) in [5.41, 5.74) is 4.54. The maximum Gasteiger partial charge on any atom is 0.344 e. The van der Waals surface area contributed by atoms with Gasteiger partial charge in [0.2, 0.25) is 5.78 Å². The van der Waals surface area contributed by atoms with E-state index >= 15 is 0 Å². The SMILES string of the molecule is C/C=C/c1ccc(OCC(=O)OCC(=O)c2cc(C)c(C)cc2C)c(OC)c1. The number of ketones is 1. The average Bonchev–Trinajstić information content (AvgIpc) is 2.67. The first kappa shape index (κ1) is 21.2. The normalized spacial score (nSPS) is 10.8. The zero-order chi connectivity index (χ0) is 20.7. The molecule has 5 heteroatoms. The number of aryl methyl sites for hydroxylation is 3. The Bertz CT molecular complexity index is 896. The van der Waals surface area contributed by atoms with Crippen LogP contribution < -0.4 is 9.47 Å². The van der Waals surface area contributed by atoms with Crippen molar-refractivity contribution >= 4 is 17.8 Å². The summed E-state index contributed by atoms with van der Waals surface area (Å²) in [7, 11) is 1.53. The second kappa shape index (κ2) is 9.74. The van der Waals surface area contributed by atoms with E-state index < -0.39 is 5.97 Å². The molecule has 28 heavy (non-hydrogen) atoms. The zero-order valence-electron chi connectivity index (χ0n) is 17.0. The van der Waals surface area contributed by atoms with Crippen molar-refractivity contribution in [1.82, 2.24) is 0 Å². The van der Waals surface area contributed by atoms with Crippen LogP contribution in [-0.4, -0.2) is 32.1 Å². The van der Waals surface area contributed by atoms with Crippen molar-refractivity contribution in [1.29, 1.82) is 0 Å². The van der Waals surface area contributed by atoms with Gasteiger partial charge in [0, 0.05) is 5.56 Å². The number of methoxy groups -OCH3 is 1. The van der Waals surface area contributed by atoms with Crippen molar-refractivity contribution in [3.63, 3.8) is 0 Å². The molecule has 2 aromatic rings. The molecular weight excluding hydrogens is 356 g/mol. The number of Topliss-reactive ketones (excluding diaryl/α,β-unsaturated/α-hetero) is 1.